The van der Waals surface area contributed by atoms with Crippen LogP contribution in [0.4, 0.5) is 26.3 Å². The molecule has 2 aliphatic rings. The van der Waals surface area contributed by atoms with Crippen LogP contribution in [0.5, 0.6) is 0 Å². The van der Waals surface area contributed by atoms with Crippen LogP contribution in [0, 0.1) is 6.92 Å². The van der Waals surface area contributed by atoms with E-state index in [2.05, 4.69) is 64.0 Å². The Morgan fingerprint density at radius 1 is 0.973 bits per heavy atom. The molecule has 1 saturated heterocycles. The van der Waals surface area contributed by atoms with E-state index in [1.807, 2.05) is 6.20 Å². The molecule has 4 rings (SSSR count). The van der Waals surface area contributed by atoms with Gasteiger partial charge in [0.2, 0.25) is 0 Å². The third-order valence-electron chi connectivity index (χ3n) is 6.11. The first kappa shape index (κ1) is 29.9. The summed E-state index contributed by atoms with van der Waals surface area (Å²) in [6.45, 7) is 6.77. The predicted octanol–water partition coefficient (Wildman–Crippen LogP) is 4.91. The minimum absolute atomic E-state index is 0.314. The molecule has 1 aliphatic heterocycles. The summed E-state index contributed by atoms with van der Waals surface area (Å²) in [6, 6.07) is 8.91. The summed E-state index contributed by atoms with van der Waals surface area (Å²) >= 11 is 0. The van der Waals surface area contributed by atoms with Crippen LogP contribution >= 0.6 is 0 Å². The van der Waals surface area contributed by atoms with E-state index in [9.17, 15) is 26.3 Å². The lowest BCUT2D eigenvalue weighted by Crippen LogP contribution is -2.41. The van der Waals surface area contributed by atoms with E-state index in [0.29, 0.717) is 5.41 Å². The molecular weight excluding hydrogens is 508 g/mol. The summed E-state index contributed by atoms with van der Waals surface area (Å²) in [6.07, 6.45) is 2.31. The average molecular weight is 535 g/mol. The molecule has 37 heavy (non-hydrogen) atoms. The maximum Gasteiger partial charge on any atom is 0.490 e. The second-order valence-electron chi connectivity index (χ2n) is 8.55. The molecule has 1 fully saturated rings. The fourth-order valence-electron chi connectivity index (χ4n) is 4.15. The Labute approximate surface area is 209 Å². The zero-order chi connectivity index (χ0) is 27.9. The zero-order valence-electron chi connectivity index (χ0n) is 19.9. The molecule has 2 heterocycles. The number of allylic oxidation sites excluding steroid dienone is 1. The van der Waals surface area contributed by atoms with E-state index in [-0.39, 0.29) is 0 Å². The van der Waals surface area contributed by atoms with Crippen LogP contribution in [0.1, 0.15) is 36.2 Å². The third kappa shape index (κ3) is 8.62. The predicted molar refractivity (Wildman–Crippen MR) is 122 cm³/mol. The number of carboxylic acid groups (broad SMARTS) is 2. The van der Waals surface area contributed by atoms with Crippen molar-refractivity contribution in [3.05, 3.63) is 59.7 Å². The molecule has 0 amide bonds. The molecular formula is C24H27F6N3O4. The number of aromatic nitrogens is 2. The summed E-state index contributed by atoms with van der Waals surface area (Å²) in [7, 11) is 0. The number of carboxylic acids is 2. The van der Waals surface area contributed by atoms with Crippen molar-refractivity contribution >= 4 is 18.0 Å². The quantitative estimate of drug-likeness (QED) is 0.541. The molecule has 13 heteroatoms. The first-order valence-electron chi connectivity index (χ1n) is 11.2. The average Bonchev–Trinajstić information content (AvgIpc) is 3.39. The van der Waals surface area contributed by atoms with Gasteiger partial charge in [0.1, 0.15) is 5.82 Å². The van der Waals surface area contributed by atoms with Crippen LogP contribution < -0.4 is 0 Å². The van der Waals surface area contributed by atoms with E-state index >= 15 is 0 Å². The van der Waals surface area contributed by atoms with Gasteiger partial charge in [0, 0.05) is 24.4 Å². The summed E-state index contributed by atoms with van der Waals surface area (Å²) in [5.41, 5.74) is 3.29. The highest BCUT2D eigenvalue weighted by Crippen LogP contribution is 2.43. The minimum atomic E-state index is -5.08. The molecule has 2 N–H and O–H groups in total. The fraction of sp³-hybridized carbons (Fsp3) is 0.458. The Balaban J connectivity index is 0.000000286. The second kappa shape index (κ2) is 12.3. The maximum atomic E-state index is 10.6. The lowest BCUT2D eigenvalue weighted by Gasteiger charge is -2.39. The number of aryl methyl sites for hydroxylation is 2. The Kier molecular flexibility index (Phi) is 9.90. The Hall–Kier alpha value is -3.35. The lowest BCUT2D eigenvalue weighted by atomic mass is 9.74. The van der Waals surface area contributed by atoms with Crippen molar-refractivity contribution in [2.45, 2.75) is 50.5 Å². The standard InChI is InChI=1S/C20H25N3.2C2HF3O2/c1-17-21-11-16-23(17)13-4-12-22-14-9-20(10-15-22)8-7-18-5-2-3-6-19(18)20;2*3-2(4,5)1(6)7/h2-3,5-8,11,16H,4,9-10,12-15H2,1H3;2*(H,6,7). The van der Waals surface area contributed by atoms with Crippen molar-refractivity contribution in [3.63, 3.8) is 0 Å². The SMILES string of the molecule is Cc1nccn1CCCN1CCC2(C=Cc3ccccc32)CC1.O=C(O)C(F)(F)F.O=C(O)C(F)(F)F. The van der Waals surface area contributed by atoms with Crippen molar-refractivity contribution in [2.24, 2.45) is 0 Å². The van der Waals surface area contributed by atoms with Gasteiger partial charge < -0.3 is 19.7 Å². The van der Waals surface area contributed by atoms with Crippen molar-refractivity contribution in [1.29, 1.82) is 0 Å². The monoisotopic (exact) mass is 535 g/mol. The van der Waals surface area contributed by atoms with E-state index in [1.165, 1.54) is 44.5 Å². The van der Waals surface area contributed by atoms with Gasteiger partial charge in [-0.2, -0.15) is 26.3 Å². The largest absolute Gasteiger partial charge is 0.490 e. The van der Waals surface area contributed by atoms with Crippen molar-refractivity contribution < 1.29 is 46.1 Å². The van der Waals surface area contributed by atoms with Gasteiger partial charge in [0.25, 0.3) is 0 Å². The smallest absolute Gasteiger partial charge is 0.475 e. The number of likely N-dealkylation sites (tertiary alicyclic amines) is 1. The molecule has 0 unspecified atom stereocenters. The van der Waals surface area contributed by atoms with Crippen LogP contribution in [0.15, 0.2) is 42.7 Å². The number of alkyl halides is 6. The molecule has 2 aromatic rings. The number of fused-ring (bicyclic) bond motifs is 2. The number of rotatable bonds is 4. The number of halogens is 6. The molecule has 204 valence electrons. The van der Waals surface area contributed by atoms with E-state index in [4.69, 9.17) is 19.8 Å². The van der Waals surface area contributed by atoms with Gasteiger partial charge in [-0.1, -0.05) is 36.4 Å². The van der Waals surface area contributed by atoms with Crippen molar-refractivity contribution in [2.75, 3.05) is 19.6 Å². The van der Waals surface area contributed by atoms with Gasteiger partial charge in [-0.05, 0) is 56.9 Å². The Morgan fingerprint density at radius 2 is 1.51 bits per heavy atom. The number of carbonyl (C=O) groups is 2. The van der Waals surface area contributed by atoms with Crippen LogP contribution in [-0.2, 0) is 21.5 Å². The van der Waals surface area contributed by atoms with Crippen molar-refractivity contribution in [3.8, 4) is 0 Å². The topological polar surface area (TPSA) is 95.7 Å². The number of hydrogen-bond donors (Lipinski definition) is 2. The summed E-state index contributed by atoms with van der Waals surface area (Å²) in [5, 5.41) is 14.2. The molecule has 7 nitrogen and oxygen atoms in total. The molecule has 0 saturated carbocycles. The lowest BCUT2D eigenvalue weighted by molar-refractivity contribution is -0.193. The normalized spacial score (nSPS) is 16.3. The maximum absolute atomic E-state index is 10.6. The highest BCUT2D eigenvalue weighted by molar-refractivity contribution is 5.73. The van der Waals surface area contributed by atoms with Crippen LogP contribution in [0.2, 0.25) is 0 Å². The molecule has 0 atom stereocenters. The van der Waals surface area contributed by atoms with Crippen LogP contribution in [0.25, 0.3) is 6.08 Å². The highest BCUT2D eigenvalue weighted by atomic mass is 19.4. The van der Waals surface area contributed by atoms with E-state index < -0.39 is 24.3 Å². The first-order chi connectivity index (χ1) is 17.2. The Bertz CT molecular complexity index is 1060. The van der Waals surface area contributed by atoms with Crippen LogP contribution in [-0.4, -0.2) is 68.6 Å². The highest BCUT2D eigenvalue weighted by Gasteiger charge is 2.39. The first-order valence-corrected chi connectivity index (χ1v) is 11.2. The van der Waals surface area contributed by atoms with Gasteiger partial charge in [-0.15, -0.1) is 0 Å². The number of hydrogen-bond acceptors (Lipinski definition) is 4. The second-order valence-corrected chi connectivity index (χ2v) is 8.55. The number of imidazole rings is 1. The van der Waals surface area contributed by atoms with E-state index in [0.717, 1.165) is 12.4 Å². The minimum Gasteiger partial charge on any atom is -0.475 e. The number of aliphatic carboxylic acids is 2. The number of nitrogens with zero attached hydrogens (tertiary/aromatic N) is 3. The fourth-order valence-corrected chi connectivity index (χ4v) is 4.15. The summed E-state index contributed by atoms with van der Waals surface area (Å²) in [5.74, 6) is -4.39. The summed E-state index contributed by atoms with van der Waals surface area (Å²) in [4.78, 5) is 24.7. The van der Waals surface area contributed by atoms with Gasteiger partial charge in [0.15, 0.2) is 0 Å². The summed E-state index contributed by atoms with van der Waals surface area (Å²) < 4.78 is 65.7. The number of piperidine rings is 1. The van der Waals surface area contributed by atoms with Gasteiger partial charge in [-0.3, -0.25) is 0 Å². The van der Waals surface area contributed by atoms with Gasteiger partial charge >= 0.3 is 24.3 Å². The molecule has 0 bridgehead atoms. The van der Waals surface area contributed by atoms with E-state index in [1.54, 1.807) is 5.56 Å². The van der Waals surface area contributed by atoms with Gasteiger partial charge in [-0.25, -0.2) is 14.6 Å². The zero-order valence-corrected chi connectivity index (χ0v) is 19.9. The van der Waals surface area contributed by atoms with Crippen LogP contribution in [0.3, 0.4) is 0 Å². The third-order valence-corrected chi connectivity index (χ3v) is 6.11. The number of benzene rings is 1. The van der Waals surface area contributed by atoms with Gasteiger partial charge in [0.05, 0.1) is 0 Å². The molecule has 0 radical (unpaired) electrons. The molecule has 1 spiro atoms. The van der Waals surface area contributed by atoms with Crippen molar-refractivity contribution in [1.82, 2.24) is 14.5 Å². The Morgan fingerprint density at radius 3 is 2.00 bits per heavy atom. The molecule has 1 aliphatic carbocycles. The molecule has 1 aromatic heterocycles. The molecule has 1 aromatic carbocycles.